The molecule has 0 bridgehead atoms. The number of rotatable bonds is 4. The number of carbonyl (C=O) groups is 1. The highest BCUT2D eigenvalue weighted by Gasteiger charge is 2.36. The third kappa shape index (κ3) is 4.69. The summed E-state index contributed by atoms with van der Waals surface area (Å²) >= 11 is 0. The Labute approximate surface area is 170 Å². The lowest BCUT2D eigenvalue weighted by Crippen LogP contribution is -2.12. The molecule has 0 atom stereocenters. The fraction of sp³-hybridized carbons (Fsp3) is 0.150. The van der Waals surface area contributed by atoms with Crippen molar-refractivity contribution in [2.24, 2.45) is 0 Å². The Morgan fingerprint density at radius 1 is 1.13 bits per heavy atom. The first-order valence-corrected chi connectivity index (χ1v) is 8.47. The number of nitrogens with zero attached hydrogens (tertiary/aromatic N) is 3. The van der Waals surface area contributed by atoms with Crippen molar-refractivity contribution in [2.45, 2.75) is 18.9 Å². The van der Waals surface area contributed by atoms with Gasteiger partial charge in [-0.3, -0.25) is 4.98 Å². The van der Waals surface area contributed by atoms with Crippen molar-refractivity contribution >= 4 is 23.1 Å². The summed E-state index contributed by atoms with van der Waals surface area (Å²) < 4.78 is 80.0. The van der Waals surface area contributed by atoms with Gasteiger partial charge in [0.2, 0.25) is 0 Å². The van der Waals surface area contributed by atoms with Crippen molar-refractivity contribution in [1.29, 1.82) is 5.26 Å². The molecule has 160 valence electrons. The van der Waals surface area contributed by atoms with E-state index in [1.165, 1.54) is 35.2 Å². The third-order valence-electron chi connectivity index (χ3n) is 4.32. The van der Waals surface area contributed by atoms with Gasteiger partial charge in [0.1, 0.15) is 11.6 Å². The molecule has 0 radical (unpaired) electrons. The van der Waals surface area contributed by atoms with E-state index in [0.29, 0.717) is 17.6 Å². The van der Waals surface area contributed by atoms with Crippen LogP contribution in [0.3, 0.4) is 0 Å². The second kappa shape index (κ2) is 7.79. The fourth-order valence-corrected chi connectivity index (χ4v) is 2.99. The summed E-state index contributed by atoms with van der Waals surface area (Å²) in [6, 6.07) is 5.79. The molecule has 0 aliphatic heterocycles. The highest BCUT2D eigenvalue weighted by molar-refractivity contribution is 5.99. The van der Waals surface area contributed by atoms with Gasteiger partial charge < -0.3 is 9.67 Å². The molecule has 3 aromatic rings. The minimum absolute atomic E-state index is 0.0407. The van der Waals surface area contributed by atoms with Crippen LogP contribution in [0.15, 0.2) is 48.3 Å². The average molecular weight is 439 g/mol. The number of aromatic nitrogens is 2. The van der Waals surface area contributed by atoms with Crippen LogP contribution < -0.4 is 0 Å². The first-order valence-electron chi connectivity index (χ1n) is 8.47. The monoisotopic (exact) mass is 439 g/mol. The number of fused-ring (bicyclic) bond motifs is 1. The molecule has 0 spiro atoms. The van der Waals surface area contributed by atoms with Gasteiger partial charge in [0.15, 0.2) is 0 Å². The maximum Gasteiger partial charge on any atom is 0.416 e. The third-order valence-corrected chi connectivity index (χ3v) is 4.32. The summed E-state index contributed by atoms with van der Waals surface area (Å²) in [5.41, 5.74) is -3.01. The molecule has 2 heterocycles. The van der Waals surface area contributed by atoms with Gasteiger partial charge >= 0.3 is 18.3 Å². The number of hydrogen-bond acceptors (Lipinski definition) is 3. The quantitative estimate of drug-likeness (QED) is 0.348. The molecule has 2 aromatic heterocycles. The second-order valence-corrected chi connectivity index (χ2v) is 6.47. The number of pyridine rings is 1. The summed E-state index contributed by atoms with van der Waals surface area (Å²) in [7, 11) is 0. The molecule has 0 unspecified atom stereocenters. The minimum atomic E-state index is -4.98. The largest absolute Gasteiger partial charge is 0.477 e. The lowest BCUT2D eigenvalue weighted by atomic mass is 10.0. The minimum Gasteiger partial charge on any atom is -0.477 e. The molecular weight excluding hydrogens is 428 g/mol. The molecule has 1 aromatic carbocycles. The molecule has 11 heteroatoms. The van der Waals surface area contributed by atoms with Crippen LogP contribution in [-0.2, 0) is 23.7 Å². The predicted octanol–water partition coefficient (Wildman–Crippen LogP) is 5.11. The van der Waals surface area contributed by atoms with Gasteiger partial charge in [-0.15, -0.1) is 0 Å². The van der Waals surface area contributed by atoms with Crippen molar-refractivity contribution in [2.75, 3.05) is 0 Å². The Bertz CT molecular complexity index is 1200. The number of aliphatic carboxylic acids is 1. The number of nitriles is 1. The van der Waals surface area contributed by atoms with Crippen molar-refractivity contribution in [3.05, 3.63) is 70.6 Å². The Balaban J connectivity index is 2.15. The van der Waals surface area contributed by atoms with Crippen LogP contribution in [0.5, 0.6) is 0 Å². The number of hydrogen-bond donors (Lipinski definition) is 1. The van der Waals surface area contributed by atoms with E-state index < -0.39 is 35.0 Å². The lowest BCUT2D eigenvalue weighted by molar-refractivity contribution is -0.143. The van der Waals surface area contributed by atoms with Gasteiger partial charge in [-0.25, -0.2) is 4.79 Å². The Kier molecular flexibility index (Phi) is 5.50. The van der Waals surface area contributed by atoms with Crippen LogP contribution in [0, 0.1) is 11.3 Å². The molecule has 1 N–H and O–H groups in total. The van der Waals surface area contributed by atoms with E-state index in [9.17, 15) is 31.1 Å². The van der Waals surface area contributed by atoms with Gasteiger partial charge in [0.25, 0.3) is 0 Å². The number of halogens is 6. The van der Waals surface area contributed by atoms with Gasteiger partial charge in [0, 0.05) is 24.5 Å². The van der Waals surface area contributed by atoms with E-state index in [2.05, 4.69) is 4.98 Å². The normalized spacial score (nSPS) is 12.7. The Morgan fingerprint density at radius 2 is 1.74 bits per heavy atom. The molecule has 0 saturated carbocycles. The molecular formula is C20H11F6N3O2. The number of alkyl halides is 6. The molecule has 31 heavy (non-hydrogen) atoms. The molecule has 0 aliphatic carbocycles. The van der Waals surface area contributed by atoms with Crippen LogP contribution >= 0.6 is 0 Å². The highest BCUT2D eigenvalue weighted by Crippen LogP contribution is 2.36. The van der Waals surface area contributed by atoms with E-state index in [1.807, 2.05) is 0 Å². The second-order valence-electron chi connectivity index (χ2n) is 6.47. The fourth-order valence-electron chi connectivity index (χ4n) is 2.99. The Hall–Kier alpha value is -3.81. The molecule has 5 nitrogen and oxygen atoms in total. The summed E-state index contributed by atoms with van der Waals surface area (Å²) in [6.07, 6.45) is -6.24. The maximum atomic E-state index is 13.1. The zero-order valence-electron chi connectivity index (χ0n) is 15.3. The van der Waals surface area contributed by atoms with Crippen LogP contribution in [0.2, 0.25) is 0 Å². The molecule has 0 amide bonds. The van der Waals surface area contributed by atoms with Crippen LogP contribution in [0.1, 0.15) is 22.3 Å². The van der Waals surface area contributed by atoms with Gasteiger partial charge in [-0.05, 0) is 42.0 Å². The first-order chi connectivity index (χ1) is 14.4. The van der Waals surface area contributed by atoms with Gasteiger partial charge in [-0.2, -0.15) is 31.6 Å². The number of carboxylic acids is 1. The molecule has 0 saturated heterocycles. The van der Waals surface area contributed by atoms with Gasteiger partial charge in [-0.1, -0.05) is 0 Å². The van der Waals surface area contributed by atoms with E-state index in [-0.39, 0.29) is 29.3 Å². The van der Waals surface area contributed by atoms with Crippen LogP contribution in [0.4, 0.5) is 26.3 Å². The van der Waals surface area contributed by atoms with Gasteiger partial charge in [0.05, 0.1) is 22.2 Å². The molecule has 0 aliphatic rings. The van der Waals surface area contributed by atoms with E-state index in [0.717, 1.165) is 6.08 Å². The molecule has 3 rings (SSSR count). The predicted molar refractivity (Wildman–Crippen MR) is 96.5 cm³/mol. The maximum absolute atomic E-state index is 13.1. The van der Waals surface area contributed by atoms with Crippen molar-refractivity contribution in [1.82, 2.24) is 9.55 Å². The summed E-state index contributed by atoms with van der Waals surface area (Å²) in [4.78, 5) is 15.2. The smallest absolute Gasteiger partial charge is 0.416 e. The number of carboxylic acid groups (broad SMARTS) is 1. The van der Waals surface area contributed by atoms with E-state index >= 15 is 0 Å². The standard InChI is InChI=1S/C20H11F6N3O2/c21-19(22,23)14-4-11(5-15(7-14)20(24,25)26)9-29-10-13(6-12(8-27)18(30)31)17-16(29)2-1-3-28-17/h1-7,10H,9H2,(H,30,31)/b12-6+. The van der Waals surface area contributed by atoms with Crippen molar-refractivity contribution < 1.29 is 36.2 Å². The highest BCUT2D eigenvalue weighted by atomic mass is 19.4. The van der Waals surface area contributed by atoms with Crippen LogP contribution in [-0.4, -0.2) is 20.6 Å². The first kappa shape index (κ1) is 21.9. The SMILES string of the molecule is N#C/C(=C\c1cn(Cc2cc(C(F)(F)F)cc(C(F)(F)F)c2)c2cccnc12)C(=O)O. The van der Waals surface area contributed by atoms with Crippen LogP contribution in [0.25, 0.3) is 17.1 Å². The summed E-state index contributed by atoms with van der Waals surface area (Å²) in [6.45, 7) is -0.377. The van der Waals surface area contributed by atoms with Crippen molar-refractivity contribution in [3.63, 3.8) is 0 Å². The van der Waals surface area contributed by atoms with E-state index in [4.69, 9.17) is 10.4 Å². The molecule has 0 fully saturated rings. The summed E-state index contributed by atoms with van der Waals surface area (Å²) in [5.74, 6) is -1.49. The van der Waals surface area contributed by atoms with E-state index in [1.54, 1.807) is 0 Å². The zero-order valence-corrected chi connectivity index (χ0v) is 15.3. The Morgan fingerprint density at radius 3 is 2.26 bits per heavy atom. The van der Waals surface area contributed by atoms with Crippen molar-refractivity contribution in [3.8, 4) is 6.07 Å². The zero-order chi connectivity index (χ0) is 23.0. The lowest BCUT2D eigenvalue weighted by Gasteiger charge is -2.15. The average Bonchev–Trinajstić information content (AvgIpc) is 3.01. The summed E-state index contributed by atoms with van der Waals surface area (Å²) in [5, 5.41) is 18.0. The number of benzene rings is 1. The topological polar surface area (TPSA) is 78.9 Å².